The van der Waals surface area contributed by atoms with Crippen LogP contribution < -0.4 is 0 Å². The molecule has 4 heterocycles. The Kier molecular flexibility index (Phi) is 3.13. The summed E-state index contributed by atoms with van der Waals surface area (Å²) < 4.78 is 5.55. The minimum absolute atomic E-state index is 0.0589. The Hall–Kier alpha value is -0.520. The van der Waals surface area contributed by atoms with Crippen molar-refractivity contribution in [1.82, 2.24) is 14.7 Å². The number of carbonyl (C=O) groups is 1. The standard InChI is InChI=1S/C13H16BrN4OP/c14-12-4-2-1-3-11(12)13(19)15-20-8-16-5-17(9-20)7-18(6-16)10-20/h1-4H,5-10H2. The van der Waals surface area contributed by atoms with Gasteiger partial charge in [0.1, 0.15) is 0 Å². The number of amides is 1. The molecule has 4 aliphatic rings. The monoisotopic (exact) mass is 354 g/mol. The number of nitrogens with zero attached hydrogens (tertiary/aromatic N) is 4. The van der Waals surface area contributed by atoms with Crippen LogP contribution in [0.15, 0.2) is 33.5 Å². The van der Waals surface area contributed by atoms with Gasteiger partial charge in [-0.1, -0.05) is 12.1 Å². The highest BCUT2D eigenvalue weighted by Gasteiger charge is 2.44. The van der Waals surface area contributed by atoms with E-state index in [0.717, 1.165) is 43.3 Å². The van der Waals surface area contributed by atoms with Crippen molar-refractivity contribution in [3.8, 4) is 0 Å². The maximum absolute atomic E-state index is 12.5. The van der Waals surface area contributed by atoms with Gasteiger partial charge in [-0.05, 0) is 28.1 Å². The van der Waals surface area contributed by atoms with Crippen LogP contribution in [-0.2, 0) is 0 Å². The summed E-state index contributed by atoms with van der Waals surface area (Å²) >= 11 is 3.45. The molecule has 4 saturated heterocycles. The average molecular weight is 355 g/mol. The van der Waals surface area contributed by atoms with Crippen LogP contribution in [0.1, 0.15) is 10.4 Å². The molecule has 0 spiro atoms. The summed E-state index contributed by atoms with van der Waals surface area (Å²) in [5.74, 6) is -0.0589. The molecule has 0 aliphatic carbocycles. The van der Waals surface area contributed by atoms with Gasteiger partial charge in [-0.15, -0.1) is 0 Å². The largest absolute Gasteiger partial charge is 0.276 e. The molecule has 0 radical (unpaired) electrons. The number of halogens is 1. The van der Waals surface area contributed by atoms with E-state index in [-0.39, 0.29) is 5.91 Å². The number of hydrogen-bond donors (Lipinski definition) is 0. The van der Waals surface area contributed by atoms with Crippen LogP contribution in [0.4, 0.5) is 0 Å². The van der Waals surface area contributed by atoms with Crippen molar-refractivity contribution in [2.45, 2.75) is 0 Å². The normalized spacial score (nSPS) is 38.0. The lowest BCUT2D eigenvalue weighted by atomic mass is 10.2. The molecule has 1 amide bonds. The van der Waals surface area contributed by atoms with E-state index in [1.54, 1.807) is 0 Å². The van der Waals surface area contributed by atoms with E-state index in [1.165, 1.54) is 0 Å². The molecule has 0 unspecified atom stereocenters. The molecule has 1 aromatic carbocycles. The van der Waals surface area contributed by atoms with Crippen molar-refractivity contribution >= 4 is 28.9 Å². The second-order valence-corrected chi connectivity index (χ2v) is 9.93. The lowest BCUT2D eigenvalue weighted by Gasteiger charge is -2.56. The third-order valence-corrected chi connectivity index (χ3v) is 8.07. The Bertz CT molecular complexity index is 591. The minimum atomic E-state index is -1.56. The van der Waals surface area contributed by atoms with Gasteiger partial charge in [0.25, 0.3) is 5.91 Å². The zero-order valence-corrected chi connectivity index (χ0v) is 13.6. The van der Waals surface area contributed by atoms with Crippen LogP contribution in [0.3, 0.4) is 0 Å². The maximum atomic E-state index is 12.5. The first-order valence-electron chi connectivity index (χ1n) is 6.69. The summed E-state index contributed by atoms with van der Waals surface area (Å²) in [6, 6.07) is 7.56. The number of rotatable bonds is 1. The predicted molar refractivity (Wildman–Crippen MR) is 82.5 cm³/mol. The van der Waals surface area contributed by atoms with E-state index in [2.05, 4.69) is 30.6 Å². The minimum Gasteiger partial charge on any atom is -0.272 e. The van der Waals surface area contributed by atoms with E-state index in [4.69, 9.17) is 4.74 Å². The highest BCUT2D eigenvalue weighted by Crippen LogP contribution is 2.58. The second-order valence-electron chi connectivity index (χ2n) is 5.84. The Morgan fingerprint density at radius 1 is 1.05 bits per heavy atom. The molecule has 20 heavy (non-hydrogen) atoms. The van der Waals surface area contributed by atoms with Crippen LogP contribution in [0, 0.1) is 0 Å². The van der Waals surface area contributed by atoms with E-state index >= 15 is 0 Å². The predicted octanol–water partition coefficient (Wildman–Crippen LogP) is 2.48. The van der Waals surface area contributed by atoms with E-state index in [1.807, 2.05) is 24.3 Å². The summed E-state index contributed by atoms with van der Waals surface area (Å²) in [6.07, 6.45) is 3.03. The molecule has 106 valence electrons. The van der Waals surface area contributed by atoms with Crippen molar-refractivity contribution in [3.05, 3.63) is 34.3 Å². The molecule has 0 atom stereocenters. The molecular weight excluding hydrogens is 339 g/mol. The van der Waals surface area contributed by atoms with Crippen LogP contribution >= 0.6 is 23.0 Å². The summed E-state index contributed by atoms with van der Waals surface area (Å²) in [4.78, 5) is 19.8. The van der Waals surface area contributed by atoms with Gasteiger partial charge in [0.05, 0.1) is 25.6 Å². The maximum Gasteiger partial charge on any atom is 0.276 e. The Balaban J connectivity index is 1.70. The summed E-state index contributed by atoms with van der Waals surface area (Å²) in [7, 11) is -1.56. The third-order valence-electron chi connectivity index (χ3n) is 4.00. The fourth-order valence-electron chi connectivity index (χ4n) is 3.48. The van der Waals surface area contributed by atoms with Crippen molar-refractivity contribution in [2.24, 2.45) is 4.74 Å². The first-order chi connectivity index (χ1) is 9.63. The van der Waals surface area contributed by atoms with Gasteiger partial charge in [0.15, 0.2) is 0 Å². The van der Waals surface area contributed by atoms with E-state index in [9.17, 15) is 4.79 Å². The summed E-state index contributed by atoms with van der Waals surface area (Å²) in [5.41, 5.74) is 0.684. The molecule has 7 heteroatoms. The summed E-state index contributed by atoms with van der Waals surface area (Å²) in [5, 5.41) is 0. The average Bonchev–Trinajstić information content (AvgIpc) is 2.36. The van der Waals surface area contributed by atoms with Crippen molar-refractivity contribution in [1.29, 1.82) is 0 Å². The van der Waals surface area contributed by atoms with Gasteiger partial charge >= 0.3 is 0 Å². The molecule has 5 rings (SSSR count). The third kappa shape index (κ3) is 2.20. The fraction of sp³-hybridized carbons (Fsp3) is 0.462. The fourth-order valence-corrected chi connectivity index (χ4v) is 7.65. The first-order valence-corrected chi connectivity index (χ1v) is 9.78. The van der Waals surface area contributed by atoms with E-state index in [0.29, 0.717) is 5.56 Å². The lowest BCUT2D eigenvalue weighted by Crippen LogP contribution is -2.63. The number of carbonyl (C=O) groups excluding carboxylic acids is 1. The molecule has 4 aliphatic heterocycles. The molecular formula is C13H16BrN4OP. The lowest BCUT2D eigenvalue weighted by molar-refractivity contribution is -0.0266. The van der Waals surface area contributed by atoms with Crippen molar-refractivity contribution in [2.75, 3.05) is 38.9 Å². The molecule has 0 N–H and O–H groups in total. The Morgan fingerprint density at radius 3 is 2.15 bits per heavy atom. The smallest absolute Gasteiger partial charge is 0.272 e. The van der Waals surface area contributed by atoms with E-state index < -0.39 is 7.05 Å². The zero-order valence-electron chi connectivity index (χ0n) is 11.1. The van der Waals surface area contributed by atoms with Gasteiger partial charge in [0, 0.05) is 30.4 Å². The van der Waals surface area contributed by atoms with Crippen LogP contribution in [-0.4, -0.2) is 59.5 Å². The van der Waals surface area contributed by atoms with Crippen LogP contribution in [0.25, 0.3) is 0 Å². The van der Waals surface area contributed by atoms with Crippen LogP contribution in [0.5, 0.6) is 0 Å². The van der Waals surface area contributed by atoms with Gasteiger partial charge in [-0.3, -0.25) is 19.5 Å². The SMILES string of the molecule is O=C(N=P12CN3CN(CN(C3)C1)C2)c1ccccc1Br. The van der Waals surface area contributed by atoms with Gasteiger partial charge in [0.2, 0.25) is 0 Å². The molecule has 1 aromatic rings. The Morgan fingerprint density at radius 2 is 1.60 bits per heavy atom. The second kappa shape index (κ2) is 4.75. The van der Waals surface area contributed by atoms with Crippen LogP contribution in [0.2, 0.25) is 0 Å². The first kappa shape index (κ1) is 13.2. The van der Waals surface area contributed by atoms with Gasteiger partial charge in [-0.2, -0.15) is 0 Å². The molecule has 0 saturated carbocycles. The molecule has 0 aromatic heterocycles. The highest BCUT2D eigenvalue weighted by atomic mass is 79.9. The topological polar surface area (TPSA) is 39.2 Å². The summed E-state index contributed by atoms with van der Waals surface area (Å²) in [6.45, 7) is 3.12. The number of hydrogen-bond acceptors (Lipinski definition) is 4. The number of benzene rings is 1. The Labute approximate surface area is 126 Å². The highest BCUT2D eigenvalue weighted by molar-refractivity contribution is 9.10. The van der Waals surface area contributed by atoms with Crippen molar-refractivity contribution in [3.63, 3.8) is 0 Å². The zero-order chi connectivity index (χ0) is 13.7. The van der Waals surface area contributed by atoms with Crippen molar-refractivity contribution < 1.29 is 4.79 Å². The van der Waals surface area contributed by atoms with Gasteiger partial charge in [-0.25, -0.2) is 4.74 Å². The quantitative estimate of drug-likeness (QED) is 0.726. The molecule has 4 fully saturated rings. The molecule has 5 nitrogen and oxygen atoms in total. The van der Waals surface area contributed by atoms with Gasteiger partial charge < -0.3 is 0 Å². The molecule has 4 bridgehead atoms.